The van der Waals surface area contributed by atoms with Crippen LogP contribution in [-0.4, -0.2) is 32.0 Å². The monoisotopic (exact) mass is 381 g/mol. The van der Waals surface area contributed by atoms with E-state index in [4.69, 9.17) is 0 Å². The zero-order valence-corrected chi connectivity index (χ0v) is 15.7. The molecule has 0 saturated carbocycles. The first-order valence-electron chi connectivity index (χ1n) is 9.21. The standard InChI is InChI=1S/C19H23N7O2/c1-2-3-11-20-19(21-13-15-7-9-16(10-8-15)26(27)28)22-14-18-24-23-17-6-4-5-12-25(17)18/h4-10,12H,2-3,11,13-14H2,1H3,(H2,20,21,22). The summed E-state index contributed by atoms with van der Waals surface area (Å²) in [4.78, 5) is 14.9. The fraction of sp³-hybridized carbons (Fsp3) is 0.316. The van der Waals surface area contributed by atoms with Crippen LogP contribution in [0.3, 0.4) is 0 Å². The minimum Gasteiger partial charge on any atom is -0.356 e. The Hall–Kier alpha value is -3.49. The van der Waals surface area contributed by atoms with Gasteiger partial charge in [-0.05, 0) is 24.1 Å². The van der Waals surface area contributed by atoms with Crippen molar-refractivity contribution in [1.82, 2.24) is 25.2 Å². The molecule has 9 nitrogen and oxygen atoms in total. The number of nitro benzene ring substituents is 1. The summed E-state index contributed by atoms with van der Waals surface area (Å²) >= 11 is 0. The number of nitrogens with one attached hydrogen (secondary N) is 2. The first kappa shape index (κ1) is 19.3. The van der Waals surface area contributed by atoms with E-state index in [1.807, 2.05) is 28.8 Å². The van der Waals surface area contributed by atoms with Crippen LogP contribution in [0.1, 0.15) is 31.2 Å². The van der Waals surface area contributed by atoms with Gasteiger partial charge in [0.05, 0.1) is 18.0 Å². The lowest BCUT2D eigenvalue weighted by Crippen LogP contribution is -2.37. The number of nitro groups is 1. The lowest BCUT2D eigenvalue weighted by molar-refractivity contribution is -0.384. The van der Waals surface area contributed by atoms with Crippen LogP contribution in [0.15, 0.2) is 53.7 Å². The van der Waals surface area contributed by atoms with Crippen LogP contribution >= 0.6 is 0 Å². The van der Waals surface area contributed by atoms with Gasteiger partial charge in [0.2, 0.25) is 0 Å². The summed E-state index contributed by atoms with van der Waals surface area (Å²) in [7, 11) is 0. The number of hydrogen-bond acceptors (Lipinski definition) is 5. The Morgan fingerprint density at radius 1 is 1.18 bits per heavy atom. The third kappa shape index (κ3) is 5.03. The minimum absolute atomic E-state index is 0.0748. The first-order chi connectivity index (χ1) is 13.7. The van der Waals surface area contributed by atoms with Gasteiger partial charge in [0.25, 0.3) is 5.69 Å². The Morgan fingerprint density at radius 2 is 2.00 bits per heavy atom. The Morgan fingerprint density at radius 3 is 2.75 bits per heavy atom. The van der Waals surface area contributed by atoms with Crippen molar-refractivity contribution in [3.05, 3.63) is 70.2 Å². The second-order valence-electron chi connectivity index (χ2n) is 6.27. The third-order valence-electron chi connectivity index (χ3n) is 4.19. The Balaban J connectivity index is 1.67. The van der Waals surface area contributed by atoms with Crippen molar-refractivity contribution in [2.24, 2.45) is 4.99 Å². The molecule has 0 radical (unpaired) electrons. The number of unbranched alkanes of at least 4 members (excludes halogenated alkanes) is 1. The molecule has 0 amide bonds. The number of hydrogen-bond donors (Lipinski definition) is 2. The van der Waals surface area contributed by atoms with Crippen LogP contribution in [-0.2, 0) is 13.1 Å². The average Bonchev–Trinajstić information content (AvgIpc) is 3.13. The maximum Gasteiger partial charge on any atom is 0.269 e. The lowest BCUT2D eigenvalue weighted by atomic mass is 10.2. The quantitative estimate of drug-likeness (QED) is 0.204. The molecule has 146 valence electrons. The normalized spacial score (nSPS) is 11.5. The van der Waals surface area contributed by atoms with Gasteiger partial charge in [-0.3, -0.25) is 14.5 Å². The number of pyridine rings is 1. The van der Waals surface area contributed by atoms with Crippen LogP contribution < -0.4 is 10.6 Å². The van der Waals surface area contributed by atoms with Crippen LogP contribution in [0, 0.1) is 10.1 Å². The summed E-state index contributed by atoms with van der Waals surface area (Å²) in [5, 5.41) is 25.7. The van der Waals surface area contributed by atoms with Crippen molar-refractivity contribution in [3.8, 4) is 0 Å². The molecule has 3 rings (SSSR count). The molecule has 0 saturated heterocycles. The van der Waals surface area contributed by atoms with Gasteiger partial charge in [0.15, 0.2) is 17.4 Å². The molecule has 0 fully saturated rings. The summed E-state index contributed by atoms with van der Waals surface area (Å²) in [6.07, 6.45) is 4.04. The molecule has 0 atom stereocenters. The summed E-state index contributed by atoms with van der Waals surface area (Å²) in [6, 6.07) is 12.2. The van der Waals surface area contributed by atoms with E-state index in [0.29, 0.717) is 19.0 Å². The minimum atomic E-state index is -0.408. The van der Waals surface area contributed by atoms with E-state index in [2.05, 4.69) is 32.7 Å². The smallest absolute Gasteiger partial charge is 0.269 e. The number of benzene rings is 1. The second kappa shape index (κ2) is 9.45. The maximum absolute atomic E-state index is 10.8. The van der Waals surface area contributed by atoms with Crippen LogP contribution in [0.25, 0.3) is 5.65 Å². The average molecular weight is 381 g/mol. The van der Waals surface area contributed by atoms with E-state index in [-0.39, 0.29) is 5.69 Å². The fourth-order valence-electron chi connectivity index (χ4n) is 2.63. The fourth-order valence-corrected chi connectivity index (χ4v) is 2.63. The molecule has 1 aromatic carbocycles. The molecule has 2 N–H and O–H groups in total. The van der Waals surface area contributed by atoms with Gasteiger partial charge in [-0.15, -0.1) is 10.2 Å². The topological polar surface area (TPSA) is 110 Å². The van der Waals surface area contributed by atoms with Gasteiger partial charge < -0.3 is 10.6 Å². The summed E-state index contributed by atoms with van der Waals surface area (Å²) < 4.78 is 1.92. The van der Waals surface area contributed by atoms with Crippen LogP contribution in [0.5, 0.6) is 0 Å². The number of non-ortho nitro benzene ring substituents is 1. The number of fused-ring (bicyclic) bond motifs is 1. The van der Waals surface area contributed by atoms with Gasteiger partial charge in [0.1, 0.15) is 0 Å². The van der Waals surface area contributed by atoms with Gasteiger partial charge in [-0.25, -0.2) is 4.99 Å². The number of aliphatic imine (C=N–C) groups is 1. The van der Waals surface area contributed by atoms with E-state index < -0.39 is 4.92 Å². The predicted molar refractivity (Wildman–Crippen MR) is 107 cm³/mol. The third-order valence-corrected chi connectivity index (χ3v) is 4.19. The van der Waals surface area contributed by atoms with Crippen molar-refractivity contribution in [2.75, 3.05) is 6.54 Å². The highest BCUT2D eigenvalue weighted by Gasteiger charge is 2.07. The zero-order chi connectivity index (χ0) is 19.8. The van der Waals surface area contributed by atoms with Crippen molar-refractivity contribution in [3.63, 3.8) is 0 Å². The van der Waals surface area contributed by atoms with E-state index in [1.54, 1.807) is 12.1 Å². The van der Waals surface area contributed by atoms with Gasteiger partial charge in [-0.2, -0.15) is 0 Å². The molecular formula is C19H23N7O2. The maximum atomic E-state index is 10.8. The molecule has 0 aliphatic carbocycles. The number of nitrogens with zero attached hydrogens (tertiary/aromatic N) is 5. The van der Waals surface area contributed by atoms with E-state index in [0.717, 1.165) is 36.4 Å². The van der Waals surface area contributed by atoms with Crippen molar-refractivity contribution >= 4 is 17.3 Å². The first-order valence-corrected chi connectivity index (χ1v) is 9.21. The van der Waals surface area contributed by atoms with E-state index in [9.17, 15) is 10.1 Å². The molecule has 28 heavy (non-hydrogen) atoms. The summed E-state index contributed by atoms with van der Waals surface area (Å²) in [5.41, 5.74) is 1.77. The number of guanidine groups is 1. The molecule has 2 heterocycles. The Bertz CT molecular complexity index is 950. The van der Waals surface area contributed by atoms with Crippen molar-refractivity contribution in [2.45, 2.75) is 32.9 Å². The van der Waals surface area contributed by atoms with Crippen molar-refractivity contribution < 1.29 is 4.92 Å². The molecule has 0 unspecified atom stereocenters. The molecular weight excluding hydrogens is 358 g/mol. The predicted octanol–water partition coefficient (Wildman–Crippen LogP) is 2.67. The highest BCUT2D eigenvalue weighted by atomic mass is 16.6. The molecule has 0 spiro atoms. The van der Waals surface area contributed by atoms with E-state index >= 15 is 0 Å². The SMILES string of the molecule is CCCCNC(=NCc1ccc([N+](=O)[O-])cc1)NCc1nnc2ccccn12. The second-order valence-corrected chi connectivity index (χ2v) is 6.27. The van der Waals surface area contributed by atoms with E-state index in [1.165, 1.54) is 12.1 Å². The largest absolute Gasteiger partial charge is 0.356 e. The Labute approximate surface area is 162 Å². The van der Waals surface area contributed by atoms with Crippen LogP contribution in [0.4, 0.5) is 5.69 Å². The molecule has 9 heteroatoms. The molecule has 2 aromatic heterocycles. The van der Waals surface area contributed by atoms with Gasteiger partial charge in [-0.1, -0.05) is 31.5 Å². The highest BCUT2D eigenvalue weighted by molar-refractivity contribution is 5.79. The van der Waals surface area contributed by atoms with Crippen LogP contribution in [0.2, 0.25) is 0 Å². The zero-order valence-electron chi connectivity index (χ0n) is 15.7. The molecule has 0 aliphatic heterocycles. The Kier molecular flexibility index (Phi) is 6.50. The number of aromatic nitrogens is 3. The molecule has 0 aliphatic rings. The summed E-state index contributed by atoms with van der Waals surface area (Å²) in [6.45, 7) is 3.83. The lowest BCUT2D eigenvalue weighted by Gasteiger charge is -2.12. The molecule has 3 aromatic rings. The van der Waals surface area contributed by atoms with Gasteiger partial charge >= 0.3 is 0 Å². The highest BCUT2D eigenvalue weighted by Crippen LogP contribution is 2.12. The number of rotatable bonds is 8. The van der Waals surface area contributed by atoms with Crippen molar-refractivity contribution in [1.29, 1.82) is 0 Å². The summed E-state index contributed by atoms with van der Waals surface area (Å²) in [5.74, 6) is 1.45. The van der Waals surface area contributed by atoms with Gasteiger partial charge in [0, 0.05) is 24.9 Å². The molecule has 0 bridgehead atoms.